The molecule has 0 unspecified atom stereocenters. The number of hydrogen-bond donors (Lipinski definition) is 2. The second kappa shape index (κ2) is 8.55. The van der Waals surface area contributed by atoms with Gasteiger partial charge in [-0.3, -0.25) is 0 Å². The third-order valence-corrected chi connectivity index (χ3v) is 3.45. The average Bonchev–Trinajstić information content (AvgIpc) is 2.50. The smallest absolute Gasteiger partial charge is 0.142 e. The second-order valence-electron chi connectivity index (χ2n) is 4.62. The molecular weight excluding hydrogens is 284 g/mol. The van der Waals surface area contributed by atoms with Gasteiger partial charge in [0.25, 0.3) is 0 Å². The van der Waals surface area contributed by atoms with Gasteiger partial charge in [-0.15, -0.1) is 0 Å². The van der Waals surface area contributed by atoms with Gasteiger partial charge in [0.2, 0.25) is 0 Å². The SMILES string of the molecule is CCOc1ccccc1NCCNCc1ccccc1Cl. The van der Waals surface area contributed by atoms with Crippen LogP contribution in [0.5, 0.6) is 5.75 Å². The molecule has 0 aromatic heterocycles. The third-order valence-electron chi connectivity index (χ3n) is 3.08. The summed E-state index contributed by atoms with van der Waals surface area (Å²) >= 11 is 6.12. The summed E-state index contributed by atoms with van der Waals surface area (Å²) in [6.07, 6.45) is 0. The number of rotatable bonds is 8. The molecule has 4 heteroatoms. The summed E-state index contributed by atoms with van der Waals surface area (Å²) in [6.45, 7) is 5.11. The topological polar surface area (TPSA) is 33.3 Å². The molecule has 0 heterocycles. The molecule has 0 aliphatic carbocycles. The van der Waals surface area contributed by atoms with Crippen LogP contribution in [0, 0.1) is 0 Å². The molecule has 0 saturated heterocycles. The van der Waals surface area contributed by atoms with E-state index < -0.39 is 0 Å². The summed E-state index contributed by atoms with van der Waals surface area (Å²) in [6, 6.07) is 15.9. The summed E-state index contributed by atoms with van der Waals surface area (Å²) in [5, 5.41) is 7.56. The van der Waals surface area contributed by atoms with E-state index in [-0.39, 0.29) is 0 Å². The molecule has 112 valence electrons. The molecule has 0 fully saturated rings. The van der Waals surface area contributed by atoms with Gasteiger partial charge in [0.15, 0.2) is 0 Å². The lowest BCUT2D eigenvalue weighted by atomic mass is 10.2. The number of nitrogens with one attached hydrogen (secondary N) is 2. The molecule has 21 heavy (non-hydrogen) atoms. The van der Waals surface area contributed by atoms with Crippen molar-refractivity contribution >= 4 is 17.3 Å². The summed E-state index contributed by atoms with van der Waals surface area (Å²) in [5.41, 5.74) is 2.15. The van der Waals surface area contributed by atoms with E-state index in [0.29, 0.717) is 6.61 Å². The molecule has 2 N–H and O–H groups in total. The Balaban J connectivity index is 1.74. The molecule has 0 atom stereocenters. The lowest BCUT2D eigenvalue weighted by molar-refractivity contribution is 0.341. The predicted octanol–water partition coefficient (Wildman–Crippen LogP) is 3.94. The molecule has 2 rings (SSSR count). The maximum atomic E-state index is 6.12. The van der Waals surface area contributed by atoms with Crippen molar-refractivity contribution < 1.29 is 4.74 Å². The van der Waals surface area contributed by atoms with Gasteiger partial charge in [-0.25, -0.2) is 0 Å². The quantitative estimate of drug-likeness (QED) is 0.725. The molecule has 0 amide bonds. The number of benzene rings is 2. The first-order valence-corrected chi connectivity index (χ1v) is 7.59. The second-order valence-corrected chi connectivity index (χ2v) is 5.03. The lowest BCUT2D eigenvalue weighted by Gasteiger charge is -2.12. The van der Waals surface area contributed by atoms with Gasteiger partial charge in [0.05, 0.1) is 12.3 Å². The first-order valence-electron chi connectivity index (χ1n) is 7.21. The zero-order valence-electron chi connectivity index (χ0n) is 12.2. The van der Waals surface area contributed by atoms with Crippen LogP contribution in [0.15, 0.2) is 48.5 Å². The molecule has 2 aromatic carbocycles. The van der Waals surface area contributed by atoms with Gasteiger partial charge in [-0.2, -0.15) is 0 Å². The number of hydrogen-bond acceptors (Lipinski definition) is 3. The van der Waals surface area contributed by atoms with Crippen molar-refractivity contribution in [2.75, 3.05) is 25.0 Å². The van der Waals surface area contributed by atoms with Gasteiger partial charge in [-0.05, 0) is 30.7 Å². The first kappa shape index (κ1) is 15.7. The van der Waals surface area contributed by atoms with Crippen LogP contribution >= 0.6 is 11.6 Å². The molecule has 0 aliphatic heterocycles. The van der Waals surface area contributed by atoms with Crippen molar-refractivity contribution in [3.63, 3.8) is 0 Å². The Hall–Kier alpha value is -1.71. The summed E-state index contributed by atoms with van der Waals surface area (Å²) < 4.78 is 5.58. The summed E-state index contributed by atoms with van der Waals surface area (Å²) in [5.74, 6) is 0.895. The zero-order chi connectivity index (χ0) is 14.9. The number of para-hydroxylation sites is 2. The van der Waals surface area contributed by atoms with Crippen LogP contribution in [0.3, 0.4) is 0 Å². The van der Waals surface area contributed by atoms with E-state index >= 15 is 0 Å². The highest BCUT2D eigenvalue weighted by atomic mass is 35.5. The normalized spacial score (nSPS) is 10.4. The standard InChI is InChI=1S/C17H21ClN2O/c1-2-21-17-10-6-5-9-16(17)20-12-11-19-13-14-7-3-4-8-15(14)18/h3-10,19-20H,2,11-13H2,1H3. The Morgan fingerprint density at radius 1 is 1.00 bits per heavy atom. The van der Waals surface area contributed by atoms with Crippen molar-refractivity contribution in [1.82, 2.24) is 5.32 Å². The van der Waals surface area contributed by atoms with E-state index in [4.69, 9.17) is 16.3 Å². The largest absolute Gasteiger partial charge is 0.492 e. The Kier molecular flexibility index (Phi) is 6.38. The van der Waals surface area contributed by atoms with Crippen LogP contribution in [0.4, 0.5) is 5.69 Å². The minimum atomic E-state index is 0.670. The molecule has 0 radical (unpaired) electrons. The highest BCUT2D eigenvalue weighted by Gasteiger charge is 2.01. The summed E-state index contributed by atoms with van der Waals surface area (Å²) in [4.78, 5) is 0. The molecule has 2 aromatic rings. The van der Waals surface area contributed by atoms with Crippen molar-refractivity contribution in [3.8, 4) is 5.75 Å². The van der Waals surface area contributed by atoms with Crippen molar-refractivity contribution in [1.29, 1.82) is 0 Å². The Morgan fingerprint density at radius 2 is 1.76 bits per heavy atom. The van der Waals surface area contributed by atoms with E-state index in [2.05, 4.69) is 10.6 Å². The van der Waals surface area contributed by atoms with Gasteiger partial charge < -0.3 is 15.4 Å². The maximum absolute atomic E-state index is 6.12. The minimum absolute atomic E-state index is 0.670. The Labute approximate surface area is 131 Å². The van der Waals surface area contributed by atoms with E-state index in [1.54, 1.807) is 0 Å². The van der Waals surface area contributed by atoms with Crippen LogP contribution in [0.1, 0.15) is 12.5 Å². The monoisotopic (exact) mass is 304 g/mol. The van der Waals surface area contributed by atoms with E-state index in [1.165, 1.54) is 0 Å². The van der Waals surface area contributed by atoms with Gasteiger partial charge >= 0.3 is 0 Å². The molecular formula is C17H21ClN2O. The third kappa shape index (κ3) is 4.96. The highest BCUT2D eigenvalue weighted by molar-refractivity contribution is 6.31. The fraction of sp³-hybridized carbons (Fsp3) is 0.294. The highest BCUT2D eigenvalue weighted by Crippen LogP contribution is 2.23. The summed E-state index contributed by atoms with van der Waals surface area (Å²) in [7, 11) is 0. The predicted molar refractivity (Wildman–Crippen MR) is 89.3 cm³/mol. The van der Waals surface area contributed by atoms with Gasteiger partial charge in [0, 0.05) is 24.7 Å². The minimum Gasteiger partial charge on any atom is -0.492 e. The molecule has 3 nitrogen and oxygen atoms in total. The van der Waals surface area contributed by atoms with Crippen LogP contribution in [-0.4, -0.2) is 19.7 Å². The van der Waals surface area contributed by atoms with Gasteiger partial charge in [-0.1, -0.05) is 41.9 Å². The van der Waals surface area contributed by atoms with Crippen molar-refractivity contribution in [2.45, 2.75) is 13.5 Å². The van der Waals surface area contributed by atoms with Crippen LogP contribution < -0.4 is 15.4 Å². The number of halogens is 1. The first-order chi connectivity index (χ1) is 10.3. The molecule has 0 aliphatic rings. The molecule has 0 saturated carbocycles. The van der Waals surface area contributed by atoms with Gasteiger partial charge in [0.1, 0.15) is 5.75 Å². The van der Waals surface area contributed by atoms with Crippen molar-refractivity contribution in [3.05, 3.63) is 59.1 Å². The number of ether oxygens (including phenoxy) is 1. The molecule has 0 bridgehead atoms. The fourth-order valence-electron chi connectivity index (χ4n) is 2.04. The van der Waals surface area contributed by atoms with E-state index in [1.807, 2.05) is 55.5 Å². The van der Waals surface area contributed by atoms with Crippen molar-refractivity contribution in [2.24, 2.45) is 0 Å². The average molecular weight is 305 g/mol. The van der Waals surface area contributed by atoms with Crippen LogP contribution in [0.2, 0.25) is 5.02 Å². The Bertz CT molecular complexity index is 560. The maximum Gasteiger partial charge on any atom is 0.142 e. The van der Waals surface area contributed by atoms with Crippen LogP contribution in [-0.2, 0) is 6.54 Å². The van der Waals surface area contributed by atoms with E-state index in [9.17, 15) is 0 Å². The number of anilines is 1. The zero-order valence-corrected chi connectivity index (χ0v) is 13.0. The van der Waals surface area contributed by atoms with Crippen LogP contribution in [0.25, 0.3) is 0 Å². The Morgan fingerprint density at radius 3 is 2.57 bits per heavy atom. The molecule has 0 spiro atoms. The fourth-order valence-corrected chi connectivity index (χ4v) is 2.25. The van der Waals surface area contributed by atoms with E-state index in [0.717, 1.165) is 41.7 Å². The lowest BCUT2D eigenvalue weighted by Crippen LogP contribution is -2.22.